The number of fused-ring (bicyclic) bond motifs is 1. The minimum absolute atomic E-state index is 0.0353. The van der Waals surface area contributed by atoms with E-state index in [2.05, 4.69) is 35.4 Å². The number of carbonyl (C=O) groups is 1. The van der Waals surface area contributed by atoms with Crippen LogP contribution in [0.15, 0.2) is 51.1 Å². The van der Waals surface area contributed by atoms with Crippen molar-refractivity contribution in [3.63, 3.8) is 0 Å². The Balaban J connectivity index is 1.52. The molecule has 3 aromatic rings. The summed E-state index contributed by atoms with van der Waals surface area (Å²) >= 11 is 4.69. The van der Waals surface area contributed by atoms with Crippen LogP contribution in [0.2, 0.25) is 0 Å². The molecule has 25 heavy (non-hydrogen) atoms. The lowest BCUT2D eigenvalue weighted by Crippen LogP contribution is -2.13. The number of carbonyl (C=O) groups excluding carboxylic acids is 1. The Bertz CT molecular complexity index is 863. The normalized spacial score (nSPS) is 11.2. The third-order valence-electron chi connectivity index (χ3n) is 3.29. The van der Waals surface area contributed by atoms with Gasteiger partial charge in [0.1, 0.15) is 0 Å². The van der Waals surface area contributed by atoms with E-state index in [9.17, 15) is 4.79 Å². The topological polar surface area (TPSA) is 54.9 Å². The van der Waals surface area contributed by atoms with Crippen LogP contribution in [0.3, 0.4) is 0 Å². The van der Waals surface area contributed by atoms with E-state index in [0.29, 0.717) is 11.7 Å². The minimum Gasteiger partial charge on any atom is -0.325 e. The zero-order chi connectivity index (χ0) is 17.6. The SMILES string of the molecule is CC(C)CSc1nnc(SCC(=O)Nc2ccc3ccccc3c2)s1. The van der Waals surface area contributed by atoms with Gasteiger partial charge in [-0.1, -0.05) is 79.0 Å². The minimum atomic E-state index is -0.0353. The van der Waals surface area contributed by atoms with E-state index in [1.54, 1.807) is 23.1 Å². The van der Waals surface area contributed by atoms with Gasteiger partial charge in [-0.05, 0) is 28.8 Å². The Morgan fingerprint density at radius 3 is 2.56 bits per heavy atom. The Morgan fingerprint density at radius 1 is 1.08 bits per heavy atom. The van der Waals surface area contributed by atoms with Crippen molar-refractivity contribution in [2.45, 2.75) is 22.5 Å². The Morgan fingerprint density at radius 2 is 1.80 bits per heavy atom. The van der Waals surface area contributed by atoms with Gasteiger partial charge in [-0.3, -0.25) is 4.79 Å². The molecule has 0 aliphatic heterocycles. The molecule has 0 unspecified atom stereocenters. The highest BCUT2D eigenvalue weighted by Gasteiger charge is 2.09. The fourth-order valence-electron chi connectivity index (χ4n) is 2.14. The molecule has 130 valence electrons. The van der Waals surface area contributed by atoms with E-state index in [4.69, 9.17) is 0 Å². The Hall–Kier alpha value is -1.57. The van der Waals surface area contributed by atoms with Gasteiger partial charge in [-0.25, -0.2) is 0 Å². The summed E-state index contributed by atoms with van der Waals surface area (Å²) in [5.41, 5.74) is 0.815. The molecular weight excluding hydrogens is 370 g/mol. The van der Waals surface area contributed by atoms with Crippen LogP contribution >= 0.6 is 34.9 Å². The van der Waals surface area contributed by atoms with Crippen LogP contribution in [0.25, 0.3) is 10.8 Å². The maximum Gasteiger partial charge on any atom is 0.234 e. The van der Waals surface area contributed by atoms with Crippen LogP contribution in [0.4, 0.5) is 5.69 Å². The standard InChI is InChI=1S/C18H19N3OS3/c1-12(2)10-23-17-20-21-18(25-17)24-11-16(22)19-15-8-7-13-5-3-4-6-14(13)9-15/h3-9,12H,10-11H2,1-2H3,(H,19,22). The summed E-state index contributed by atoms with van der Waals surface area (Å²) in [6, 6.07) is 14.0. The molecule has 0 atom stereocenters. The molecule has 1 N–H and O–H groups in total. The number of anilines is 1. The summed E-state index contributed by atoms with van der Waals surface area (Å²) in [6.07, 6.45) is 0. The number of nitrogens with one attached hydrogen (secondary N) is 1. The highest BCUT2D eigenvalue weighted by Crippen LogP contribution is 2.29. The molecule has 1 heterocycles. The highest BCUT2D eigenvalue weighted by atomic mass is 32.2. The highest BCUT2D eigenvalue weighted by molar-refractivity contribution is 8.03. The van der Waals surface area contributed by atoms with Crippen molar-refractivity contribution in [1.29, 1.82) is 0 Å². The van der Waals surface area contributed by atoms with Gasteiger partial charge in [-0.15, -0.1) is 10.2 Å². The van der Waals surface area contributed by atoms with Crippen molar-refractivity contribution in [2.24, 2.45) is 5.92 Å². The number of benzene rings is 2. The van der Waals surface area contributed by atoms with E-state index in [-0.39, 0.29) is 5.91 Å². The number of hydrogen-bond acceptors (Lipinski definition) is 6. The predicted molar refractivity (Wildman–Crippen MR) is 109 cm³/mol. The maximum atomic E-state index is 12.2. The lowest BCUT2D eigenvalue weighted by Gasteiger charge is -2.05. The second-order valence-electron chi connectivity index (χ2n) is 5.94. The third-order valence-corrected chi connectivity index (χ3v) is 6.90. The number of thioether (sulfide) groups is 2. The molecule has 3 rings (SSSR count). The Kier molecular flexibility index (Phi) is 6.34. The van der Waals surface area contributed by atoms with Crippen LogP contribution in [0, 0.1) is 5.92 Å². The molecule has 0 radical (unpaired) electrons. The molecule has 0 aliphatic rings. The van der Waals surface area contributed by atoms with Gasteiger partial charge in [0.15, 0.2) is 8.68 Å². The van der Waals surface area contributed by atoms with Gasteiger partial charge in [0.2, 0.25) is 5.91 Å². The van der Waals surface area contributed by atoms with Gasteiger partial charge in [0, 0.05) is 11.4 Å². The number of hydrogen-bond donors (Lipinski definition) is 1. The van der Waals surface area contributed by atoms with Crippen LogP contribution in [-0.2, 0) is 4.79 Å². The molecule has 0 bridgehead atoms. The molecule has 0 aliphatic carbocycles. The van der Waals surface area contributed by atoms with Gasteiger partial charge in [0.05, 0.1) is 5.75 Å². The monoisotopic (exact) mass is 389 g/mol. The van der Waals surface area contributed by atoms with Gasteiger partial charge in [0.25, 0.3) is 0 Å². The van der Waals surface area contributed by atoms with Gasteiger partial charge in [-0.2, -0.15) is 0 Å². The number of aromatic nitrogens is 2. The van der Waals surface area contributed by atoms with Crippen LogP contribution in [0.1, 0.15) is 13.8 Å². The lowest BCUT2D eigenvalue weighted by atomic mass is 10.1. The summed E-state index contributed by atoms with van der Waals surface area (Å²) < 4.78 is 1.80. The Labute approximate surface area is 159 Å². The first-order valence-electron chi connectivity index (χ1n) is 7.98. The zero-order valence-corrected chi connectivity index (χ0v) is 16.5. The molecular formula is C18H19N3OS3. The smallest absolute Gasteiger partial charge is 0.234 e. The quantitative estimate of drug-likeness (QED) is 0.565. The molecule has 1 amide bonds. The third kappa shape index (κ3) is 5.45. The largest absolute Gasteiger partial charge is 0.325 e. The summed E-state index contributed by atoms with van der Waals surface area (Å²) in [5.74, 6) is 1.95. The summed E-state index contributed by atoms with van der Waals surface area (Å²) in [7, 11) is 0. The lowest BCUT2D eigenvalue weighted by molar-refractivity contribution is -0.113. The van der Waals surface area contributed by atoms with Crippen molar-refractivity contribution in [3.8, 4) is 0 Å². The fourth-order valence-corrected chi connectivity index (χ4v) is 4.94. The van der Waals surface area contributed by atoms with Gasteiger partial charge < -0.3 is 5.32 Å². The number of nitrogens with zero attached hydrogens (tertiary/aromatic N) is 2. The molecule has 0 fully saturated rings. The molecule has 4 nitrogen and oxygen atoms in total. The zero-order valence-electron chi connectivity index (χ0n) is 14.1. The average Bonchev–Trinajstić information content (AvgIpc) is 3.06. The molecule has 0 saturated carbocycles. The fraction of sp³-hybridized carbons (Fsp3) is 0.278. The van der Waals surface area contributed by atoms with Crippen LogP contribution in [0.5, 0.6) is 0 Å². The maximum absolute atomic E-state index is 12.2. The van der Waals surface area contributed by atoms with Crippen LogP contribution in [-0.4, -0.2) is 27.6 Å². The second kappa shape index (κ2) is 8.69. The van der Waals surface area contributed by atoms with Gasteiger partial charge >= 0.3 is 0 Å². The van der Waals surface area contributed by atoms with Crippen molar-refractivity contribution < 1.29 is 4.79 Å². The van der Waals surface area contributed by atoms with E-state index in [1.165, 1.54) is 11.8 Å². The van der Waals surface area contributed by atoms with E-state index in [1.807, 2.05) is 36.4 Å². The predicted octanol–water partition coefficient (Wildman–Crippen LogP) is 5.17. The second-order valence-corrected chi connectivity index (χ2v) is 9.40. The summed E-state index contributed by atoms with van der Waals surface area (Å²) in [4.78, 5) is 12.2. The summed E-state index contributed by atoms with van der Waals surface area (Å²) in [5, 5.41) is 13.5. The first-order valence-corrected chi connectivity index (χ1v) is 10.8. The molecule has 0 saturated heterocycles. The molecule has 1 aromatic heterocycles. The van der Waals surface area contributed by atoms with Crippen molar-refractivity contribution in [1.82, 2.24) is 10.2 Å². The first kappa shape index (κ1) is 18.2. The molecule has 0 spiro atoms. The van der Waals surface area contributed by atoms with Crippen molar-refractivity contribution in [3.05, 3.63) is 42.5 Å². The summed E-state index contributed by atoms with van der Waals surface area (Å²) in [6.45, 7) is 4.36. The molecule has 7 heteroatoms. The average molecular weight is 390 g/mol. The van der Waals surface area contributed by atoms with E-state index < -0.39 is 0 Å². The first-order chi connectivity index (χ1) is 12.1. The van der Waals surface area contributed by atoms with Crippen LogP contribution < -0.4 is 5.32 Å². The molecule has 2 aromatic carbocycles. The van der Waals surface area contributed by atoms with Crippen molar-refractivity contribution in [2.75, 3.05) is 16.8 Å². The van der Waals surface area contributed by atoms with E-state index in [0.717, 1.165) is 30.9 Å². The van der Waals surface area contributed by atoms with Crippen molar-refractivity contribution >= 4 is 57.2 Å². The van der Waals surface area contributed by atoms with E-state index >= 15 is 0 Å². The number of rotatable bonds is 7. The number of amides is 1.